The molecule has 2 aliphatic rings. The highest BCUT2D eigenvalue weighted by Crippen LogP contribution is 2.25. The molecule has 1 amide bonds. The van der Waals surface area contributed by atoms with Crippen LogP contribution in [-0.2, 0) is 26.6 Å². The van der Waals surface area contributed by atoms with Crippen LogP contribution in [0.2, 0.25) is 0 Å². The number of hydrogen-bond acceptors (Lipinski definition) is 4. The number of fused-ring (bicyclic) bond motifs is 1. The van der Waals surface area contributed by atoms with Gasteiger partial charge in [0.25, 0.3) is 5.91 Å². The van der Waals surface area contributed by atoms with Gasteiger partial charge < -0.3 is 9.32 Å². The molecule has 1 fully saturated rings. The zero-order valence-corrected chi connectivity index (χ0v) is 13.5. The highest BCUT2D eigenvalue weighted by Gasteiger charge is 2.30. The number of carbonyl (C=O) groups is 1. The van der Waals surface area contributed by atoms with Crippen LogP contribution in [0.4, 0.5) is 0 Å². The van der Waals surface area contributed by atoms with Crippen LogP contribution in [0.3, 0.4) is 0 Å². The van der Waals surface area contributed by atoms with E-state index in [1.54, 1.807) is 6.26 Å². The molecule has 4 rings (SSSR count). The highest BCUT2D eigenvalue weighted by atomic mass is 16.3. The number of aryl methyl sites for hydroxylation is 1. The van der Waals surface area contributed by atoms with Crippen molar-refractivity contribution in [3.05, 3.63) is 41.1 Å². The van der Waals surface area contributed by atoms with E-state index in [9.17, 15) is 4.79 Å². The van der Waals surface area contributed by atoms with Crippen molar-refractivity contribution in [2.45, 2.75) is 32.4 Å². The molecule has 0 saturated carbocycles. The number of amides is 1. The second-order valence-electron chi connectivity index (χ2n) is 6.44. The van der Waals surface area contributed by atoms with Crippen molar-refractivity contribution in [2.75, 3.05) is 19.6 Å². The number of likely N-dealkylation sites (tertiary alicyclic amines) is 1. The number of rotatable bonds is 3. The third-order valence-corrected chi connectivity index (χ3v) is 4.88. The van der Waals surface area contributed by atoms with Crippen molar-refractivity contribution >= 4 is 5.91 Å². The molecule has 23 heavy (non-hydrogen) atoms. The first-order valence-electron chi connectivity index (χ1n) is 8.31. The Morgan fingerprint density at radius 1 is 1.30 bits per heavy atom. The van der Waals surface area contributed by atoms with E-state index >= 15 is 0 Å². The van der Waals surface area contributed by atoms with Gasteiger partial charge in [0.15, 0.2) is 5.69 Å². The monoisotopic (exact) mass is 314 g/mol. The molecule has 2 aliphatic heterocycles. The fraction of sp³-hybridized carbons (Fsp3) is 0.529. The molecule has 122 valence electrons. The van der Waals surface area contributed by atoms with Crippen molar-refractivity contribution in [3.63, 3.8) is 0 Å². The number of hydrogen-bond donors (Lipinski definition) is 0. The zero-order valence-electron chi connectivity index (χ0n) is 13.5. The number of carbonyl (C=O) groups excluding carboxylic acids is 1. The smallest absolute Gasteiger partial charge is 0.274 e. The minimum Gasteiger partial charge on any atom is -0.468 e. The Bertz CT molecular complexity index is 699. The van der Waals surface area contributed by atoms with Crippen LogP contribution in [0.25, 0.3) is 0 Å². The van der Waals surface area contributed by atoms with Gasteiger partial charge in [-0.2, -0.15) is 5.10 Å². The lowest BCUT2D eigenvalue weighted by Gasteiger charge is -2.26. The van der Waals surface area contributed by atoms with Gasteiger partial charge in [0.05, 0.1) is 18.5 Å². The molecular weight excluding hydrogens is 292 g/mol. The summed E-state index contributed by atoms with van der Waals surface area (Å²) < 4.78 is 7.32. The molecule has 0 aromatic carbocycles. The van der Waals surface area contributed by atoms with Crippen LogP contribution in [0, 0.1) is 0 Å². The molecule has 0 spiro atoms. The summed E-state index contributed by atoms with van der Waals surface area (Å²) in [7, 11) is 1.94. The fourth-order valence-electron chi connectivity index (χ4n) is 3.62. The Kier molecular flexibility index (Phi) is 3.69. The van der Waals surface area contributed by atoms with Gasteiger partial charge in [0.2, 0.25) is 0 Å². The third kappa shape index (κ3) is 2.67. The maximum atomic E-state index is 12.7. The summed E-state index contributed by atoms with van der Waals surface area (Å²) in [4.78, 5) is 17.0. The van der Waals surface area contributed by atoms with Crippen LogP contribution in [0.1, 0.15) is 40.3 Å². The second-order valence-corrected chi connectivity index (χ2v) is 6.44. The number of nitrogens with zero attached hydrogens (tertiary/aromatic N) is 4. The van der Waals surface area contributed by atoms with Crippen molar-refractivity contribution in [3.8, 4) is 0 Å². The summed E-state index contributed by atoms with van der Waals surface area (Å²) >= 11 is 0. The number of furan rings is 1. The quantitative estimate of drug-likeness (QED) is 0.867. The largest absolute Gasteiger partial charge is 0.468 e. The van der Waals surface area contributed by atoms with Gasteiger partial charge in [-0.15, -0.1) is 0 Å². The standard InChI is InChI=1S/C17H22N4O2/c1-19-15-12-20(11-13-5-4-10-23-13)9-6-14(15)16(18-19)17(22)21-7-2-3-8-21/h4-5,10H,2-3,6-9,11-12H2,1H3. The first kappa shape index (κ1) is 14.5. The molecule has 0 bridgehead atoms. The Morgan fingerprint density at radius 2 is 2.13 bits per heavy atom. The van der Waals surface area contributed by atoms with E-state index in [0.717, 1.165) is 69.0 Å². The van der Waals surface area contributed by atoms with Gasteiger partial charge in [0, 0.05) is 38.8 Å². The summed E-state index contributed by atoms with van der Waals surface area (Å²) in [5.74, 6) is 1.09. The normalized spacial score (nSPS) is 18.4. The maximum Gasteiger partial charge on any atom is 0.274 e. The Hall–Kier alpha value is -2.08. The summed E-state index contributed by atoms with van der Waals surface area (Å²) in [5.41, 5.74) is 2.97. The van der Waals surface area contributed by atoms with Crippen LogP contribution >= 0.6 is 0 Å². The lowest BCUT2D eigenvalue weighted by molar-refractivity contribution is 0.0784. The van der Waals surface area contributed by atoms with Crippen molar-refractivity contribution in [1.82, 2.24) is 19.6 Å². The van der Waals surface area contributed by atoms with Crippen LogP contribution in [0.5, 0.6) is 0 Å². The summed E-state index contributed by atoms with van der Waals surface area (Å²) in [6.45, 7) is 4.28. The summed E-state index contributed by atoms with van der Waals surface area (Å²) in [6, 6.07) is 3.92. The Balaban J connectivity index is 1.54. The predicted octanol–water partition coefficient (Wildman–Crippen LogP) is 1.81. The molecule has 0 unspecified atom stereocenters. The van der Waals surface area contributed by atoms with Gasteiger partial charge in [0.1, 0.15) is 5.76 Å². The molecule has 4 heterocycles. The van der Waals surface area contributed by atoms with E-state index < -0.39 is 0 Å². The zero-order chi connectivity index (χ0) is 15.8. The fourth-order valence-corrected chi connectivity index (χ4v) is 3.62. The molecule has 0 radical (unpaired) electrons. The van der Waals surface area contributed by atoms with Crippen LogP contribution in [0.15, 0.2) is 22.8 Å². The average Bonchev–Trinajstić information content (AvgIpc) is 3.29. The Labute approximate surface area is 135 Å². The SMILES string of the molecule is Cn1nc(C(=O)N2CCCC2)c2c1CN(Cc1ccco1)CC2. The molecule has 2 aromatic rings. The third-order valence-electron chi connectivity index (χ3n) is 4.88. The van der Waals surface area contributed by atoms with E-state index in [2.05, 4.69) is 10.00 Å². The van der Waals surface area contributed by atoms with Gasteiger partial charge >= 0.3 is 0 Å². The van der Waals surface area contributed by atoms with E-state index in [4.69, 9.17) is 4.42 Å². The number of aromatic nitrogens is 2. The highest BCUT2D eigenvalue weighted by molar-refractivity contribution is 5.94. The van der Waals surface area contributed by atoms with Gasteiger partial charge in [-0.3, -0.25) is 14.4 Å². The van der Waals surface area contributed by atoms with Gasteiger partial charge in [-0.25, -0.2) is 0 Å². The summed E-state index contributed by atoms with van der Waals surface area (Å²) in [5, 5.41) is 4.54. The summed E-state index contributed by atoms with van der Waals surface area (Å²) in [6.07, 6.45) is 4.80. The molecule has 6 heteroatoms. The van der Waals surface area contributed by atoms with E-state index in [-0.39, 0.29) is 5.91 Å². The van der Waals surface area contributed by atoms with Crippen molar-refractivity contribution in [1.29, 1.82) is 0 Å². The van der Waals surface area contributed by atoms with Crippen molar-refractivity contribution in [2.24, 2.45) is 7.05 Å². The minimum absolute atomic E-state index is 0.110. The molecule has 6 nitrogen and oxygen atoms in total. The van der Waals surface area contributed by atoms with E-state index in [1.807, 2.05) is 28.8 Å². The molecule has 0 atom stereocenters. The lowest BCUT2D eigenvalue weighted by atomic mass is 10.0. The second kappa shape index (κ2) is 5.85. The molecule has 1 saturated heterocycles. The molecule has 2 aromatic heterocycles. The van der Waals surface area contributed by atoms with Crippen LogP contribution < -0.4 is 0 Å². The average molecular weight is 314 g/mol. The maximum absolute atomic E-state index is 12.7. The first-order valence-corrected chi connectivity index (χ1v) is 8.31. The van der Waals surface area contributed by atoms with E-state index in [0.29, 0.717) is 5.69 Å². The topological polar surface area (TPSA) is 54.5 Å². The minimum atomic E-state index is 0.110. The van der Waals surface area contributed by atoms with E-state index in [1.165, 1.54) is 0 Å². The van der Waals surface area contributed by atoms with Crippen molar-refractivity contribution < 1.29 is 9.21 Å². The van der Waals surface area contributed by atoms with Gasteiger partial charge in [-0.1, -0.05) is 0 Å². The first-order chi connectivity index (χ1) is 11.2. The van der Waals surface area contributed by atoms with Crippen LogP contribution in [-0.4, -0.2) is 45.1 Å². The predicted molar refractivity (Wildman–Crippen MR) is 84.9 cm³/mol. The van der Waals surface area contributed by atoms with Gasteiger partial charge in [-0.05, 0) is 31.4 Å². The Morgan fingerprint density at radius 3 is 2.87 bits per heavy atom. The lowest BCUT2D eigenvalue weighted by Crippen LogP contribution is -2.32. The molecular formula is C17H22N4O2. The molecule has 0 aliphatic carbocycles. The molecule has 0 N–H and O–H groups in total.